The van der Waals surface area contributed by atoms with Crippen molar-refractivity contribution >= 4 is 67.6 Å². The molecule has 12 rings (SSSR count). The highest BCUT2D eigenvalue weighted by Crippen LogP contribution is 2.35. The van der Waals surface area contributed by atoms with Gasteiger partial charge in [-0.2, -0.15) is 18.7 Å². The number of aliphatic carboxylic acids is 1. The first-order valence-corrected chi connectivity index (χ1v) is 31.0. The zero-order valence-corrected chi connectivity index (χ0v) is 53.5. The summed E-state index contributed by atoms with van der Waals surface area (Å²) in [6.45, 7) is 14.0. The number of halogens is 1. The van der Waals surface area contributed by atoms with Gasteiger partial charge in [-0.05, 0) is 124 Å². The molecule has 482 valence electrons. The second-order valence-corrected chi connectivity index (χ2v) is 23.1. The van der Waals surface area contributed by atoms with Crippen molar-refractivity contribution in [3.63, 3.8) is 0 Å². The number of hydrogen-bond acceptors (Lipinski definition) is 24. The molecule has 0 saturated heterocycles. The second-order valence-electron chi connectivity index (χ2n) is 20.9. The normalized spacial score (nSPS) is 12.3. The number of nitrogens with zero attached hydrogens (tertiary/aromatic N) is 11. The molecule has 8 aromatic rings. The highest BCUT2D eigenvalue weighted by molar-refractivity contribution is 9.09. The first-order valence-electron chi connectivity index (χ1n) is 28.3. The molecule has 0 bridgehead atoms. The molecule has 0 unspecified atom stereocenters. The molecule has 0 fully saturated rings. The number of carbonyl (C=O) groups is 3. The number of carboxylic acids is 1. The quantitative estimate of drug-likeness (QED) is 0.0323. The number of carbonyl (C=O) groups excluding carboxylic acids is 2. The fourth-order valence-corrected chi connectivity index (χ4v) is 9.97. The molecule has 29 heteroatoms. The van der Waals surface area contributed by atoms with Gasteiger partial charge in [0.1, 0.15) is 24.5 Å². The van der Waals surface area contributed by atoms with Crippen LogP contribution in [-0.4, -0.2) is 151 Å². The van der Waals surface area contributed by atoms with E-state index in [1.54, 1.807) is 63.5 Å². The van der Waals surface area contributed by atoms with Crippen LogP contribution < -0.4 is 58.3 Å². The Balaban J connectivity index is 0.000000178. The zero-order chi connectivity index (χ0) is 63.0. The summed E-state index contributed by atoms with van der Waals surface area (Å²) in [6.07, 6.45) is 13.8. The minimum atomic E-state index is -0.833. The predicted octanol–water partition coefficient (Wildman–Crippen LogP) is 10.0. The van der Waals surface area contributed by atoms with E-state index in [1.165, 1.54) is 34.2 Å². The van der Waals surface area contributed by atoms with Gasteiger partial charge < -0.3 is 73.1 Å². The van der Waals surface area contributed by atoms with Crippen LogP contribution in [0.3, 0.4) is 0 Å². The van der Waals surface area contributed by atoms with Crippen LogP contribution in [0, 0.1) is 0 Å². The number of imidazole rings is 2. The summed E-state index contributed by atoms with van der Waals surface area (Å²) in [6, 6.07) is 22.9. The van der Waals surface area contributed by atoms with Crippen LogP contribution >= 0.6 is 39.0 Å². The number of ether oxygens (including phenoxy) is 9. The van der Waals surface area contributed by atoms with Crippen molar-refractivity contribution in [3.8, 4) is 57.9 Å². The van der Waals surface area contributed by atoms with Crippen molar-refractivity contribution in [2.45, 2.75) is 79.6 Å². The largest absolute Gasteiger partial charge is 0.481 e. The number of aldehydes is 1. The molecule has 8 heterocycles. The summed E-state index contributed by atoms with van der Waals surface area (Å²) < 4.78 is 60.2. The lowest BCUT2D eigenvalue weighted by molar-refractivity contribution is -0.134. The van der Waals surface area contributed by atoms with Gasteiger partial charge in [-0.3, -0.25) is 18.7 Å². The Bertz CT molecular complexity index is 3490. The third-order valence-electron chi connectivity index (χ3n) is 12.7. The van der Waals surface area contributed by atoms with Crippen LogP contribution in [-0.2, 0) is 29.2 Å². The highest BCUT2D eigenvalue weighted by Gasteiger charge is 2.24. The number of fused-ring (bicyclic) bond motifs is 4. The monoisotopic (exact) mass is 1340 g/mol. The Labute approximate surface area is 539 Å². The molecule has 0 atom stereocenters. The van der Waals surface area contributed by atoms with E-state index >= 15 is 0 Å². The van der Waals surface area contributed by atoms with Gasteiger partial charge in [0.25, 0.3) is 5.97 Å². The molecule has 4 aromatic heterocycles. The topological polar surface area (TPSA) is 275 Å². The summed E-state index contributed by atoms with van der Waals surface area (Å²) in [5.41, 5.74) is 3.41. The first-order chi connectivity index (χ1) is 43.1. The fraction of sp³-hybridized carbons (Fsp3) is 0.393. The van der Waals surface area contributed by atoms with Crippen molar-refractivity contribution in [1.29, 1.82) is 0 Å². The van der Waals surface area contributed by atoms with Gasteiger partial charge in [-0.15, -0.1) is 0 Å². The highest BCUT2D eigenvalue weighted by atomic mass is 79.9. The number of aromatic nitrogens is 8. The SMILES string of the molecule is BrCCCNCc1ccc2c(c1)OCO2.C.CC(=O)O.CN(CCCN(Cc1ccc2c(c1)OCO2)C(=O)OC(C)(C)C)c1nc(-n2ccnc2)ns1.CN(CCCNCc1ccc2c(c1)OCO2)c1nc(-n2ccnc2)ns1.O=Cc1ccc2c(c1)OCO2. The van der Waals surface area contributed by atoms with Crippen LogP contribution in [0.15, 0.2) is 110 Å². The standard InChI is InChI=1S/C22H28N6O4S.C17H20N6O2S.C11H14BrNO2.C8H6O3.C2H4O2.CH4/c1-22(2,3)32-21(29)27(13-16-6-7-17-18(12-16)31-15-30-17)10-5-9-26(4)20-24-19(25-33-20)28-11-8-23-14-28;1-22(17-20-16(21-26-17)23-8-6-19-11-23)7-2-5-18-10-13-3-4-14-15(9-13)25-12-24-14;12-4-1-5-13-7-9-2-3-10-11(6-9)15-8-14-10;9-4-6-1-2-7-8(3-6)11-5-10-7;1-2(3)4;/h6-8,11-12,14H,5,9-10,13,15H2,1-4H3;3-4,6,8-9,11,18H,2,5,7,10,12H2,1H3;2-3,6,13H,1,4-5,7-8H2;1-4H,5H2;1H3,(H,3,4);1H4. The molecule has 4 aliphatic rings. The third-order valence-corrected chi connectivity index (χ3v) is 14.9. The lowest BCUT2D eigenvalue weighted by Crippen LogP contribution is -2.38. The van der Waals surface area contributed by atoms with Gasteiger partial charge in [-0.1, -0.05) is 41.6 Å². The zero-order valence-electron chi connectivity index (χ0n) is 50.2. The van der Waals surface area contributed by atoms with Gasteiger partial charge in [-0.25, -0.2) is 14.8 Å². The smallest absolute Gasteiger partial charge is 0.410 e. The van der Waals surface area contributed by atoms with E-state index in [-0.39, 0.29) is 27.1 Å². The molecule has 4 aliphatic heterocycles. The Morgan fingerprint density at radius 1 is 0.633 bits per heavy atom. The maximum Gasteiger partial charge on any atom is 0.410 e. The lowest BCUT2D eigenvalue weighted by atomic mass is 10.2. The van der Waals surface area contributed by atoms with E-state index in [4.69, 9.17) is 52.5 Å². The van der Waals surface area contributed by atoms with Crippen molar-refractivity contribution in [3.05, 3.63) is 132 Å². The van der Waals surface area contributed by atoms with E-state index in [0.717, 1.165) is 115 Å². The minimum absolute atomic E-state index is 0. The molecule has 0 saturated carbocycles. The lowest BCUT2D eigenvalue weighted by Gasteiger charge is -2.28. The molecule has 1 amide bonds. The first kappa shape index (κ1) is 68.7. The molecule has 26 nitrogen and oxygen atoms in total. The molecular formula is C61H76BrN13O13S2. The van der Waals surface area contributed by atoms with Crippen molar-refractivity contribution in [2.75, 3.05) is 89.1 Å². The molecule has 90 heavy (non-hydrogen) atoms. The summed E-state index contributed by atoms with van der Waals surface area (Å²) in [5.74, 6) is 6.54. The Kier molecular flexibility index (Phi) is 26.6. The van der Waals surface area contributed by atoms with Gasteiger partial charge >= 0.3 is 6.09 Å². The van der Waals surface area contributed by atoms with Gasteiger partial charge in [0.15, 0.2) is 46.0 Å². The van der Waals surface area contributed by atoms with Gasteiger partial charge in [0, 0.05) is 119 Å². The van der Waals surface area contributed by atoms with Crippen LogP contribution in [0.1, 0.15) is 81.4 Å². The Hall–Kier alpha value is -8.77. The van der Waals surface area contributed by atoms with Gasteiger partial charge in [0.05, 0.1) is 0 Å². The Morgan fingerprint density at radius 3 is 1.50 bits per heavy atom. The molecule has 3 N–H and O–H groups in total. The number of hydrogen-bond donors (Lipinski definition) is 3. The molecule has 0 radical (unpaired) electrons. The number of alkyl halides is 1. The summed E-state index contributed by atoms with van der Waals surface area (Å²) >= 11 is 6.13. The van der Waals surface area contributed by atoms with Crippen molar-refractivity contribution in [1.82, 2.24) is 53.4 Å². The Morgan fingerprint density at radius 2 is 1.06 bits per heavy atom. The van der Waals surface area contributed by atoms with Crippen LogP contribution in [0.5, 0.6) is 46.0 Å². The van der Waals surface area contributed by atoms with Crippen molar-refractivity contribution in [2.24, 2.45) is 0 Å². The van der Waals surface area contributed by atoms with E-state index in [2.05, 4.69) is 72.3 Å². The average molecular weight is 1340 g/mol. The summed E-state index contributed by atoms with van der Waals surface area (Å²) in [4.78, 5) is 55.2. The fourth-order valence-electron chi connectivity index (χ4n) is 8.39. The van der Waals surface area contributed by atoms with E-state index < -0.39 is 11.6 Å². The number of nitrogens with one attached hydrogen (secondary N) is 2. The minimum Gasteiger partial charge on any atom is -0.481 e. The van der Waals surface area contributed by atoms with Gasteiger partial charge in [0.2, 0.25) is 49.3 Å². The van der Waals surface area contributed by atoms with E-state index in [0.29, 0.717) is 67.9 Å². The summed E-state index contributed by atoms with van der Waals surface area (Å²) in [7, 11) is 4.00. The number of amides is 1. The maximum absolute atomic E-state index is 12.9. The molecule has 4 aromatic carbocycles. The van der Waals surface area contributed by atoms with Crippen molar-refractivity contribution < 1.29 is 62.1 Å². The predicted molar refractivity (Wildman–Crippen MR) is 344 cm³/mol. The number of rotatable bonds is 22. The van der Waals surface area contributed by atoms with Crippen LogP contribution in [0.25, 0.3) is 11.9 Å². The van der Waals surface area contributed by atoms with Crippen LogP contribution in [0.2, 0.25) is 0 Å². The summed E-state index contributed by atoms with van der Waals surface area (Å²) in [5, 5.41) is 17.0. The second kappa shape index (κ2) is 34.8. The van der Waals surface area contributed by atoms with E-state index in [9.17, 15) is 9.59 Å². The molecular weight excluding hydrogens is 1270 g/mol. The van der Waals surface area contributed by atoms with Crippen LogP contribution in [0.4, 0.5) is 15.1 Å². The van der Waals surface area contributed by atoms with E-state index in [1.807, 2.05) is 88.4 Å². The number of anilines is 2. The molecule has 0 aliphatic carbocycles. The number of benzene rings is 4. The maximum atomic E-state index is 12.9. The number of carboxylic acid groups (broad SMARTS) is 1. The third kappa shape index (κ3) is 21.5. The molecule has 0 spiro atoms. The average Bonchev–Trinajstić information content (AvgIpc) is 4.40.